The van der Waals surface area contributed by atoms with Crippen molar-refractivity contribution in [1.82, 2.24) is 0 Å². The summed E-state index contributed by atoms with van der Waals surface area (Å²) in [6.45, 7) is 4.87. The number of hydrogen-bond donors (Lipinski definition) is 1. The van der Waals surface area contributed by atoms with E-state index in [4.69, 9.17) is 22.1 Å². The molecule has 1 aliphatic rings. The second-order valence-corrected chi connectivity index (χ2v) is 5.46. The van der Waals surface area contributed by atoms with Gasteiger partial charge in [0.2, 0.25) is 0 Å². The molecule has 16 heavy (non-hydrogen) atoms. The molecule has 1 aromatic carbocycles. The van der Waals surface area contributed by atoms with Crippen molar-refractivity contribution < 1.29 is 4.74 Å². The molecule has 2 atom stereocenters. The van der Waals surface area contributed by atoms with Gasteiger partial charge in [-0.25, -0.2) is 0 Å². The maximum atomic E-state index is 6.06. The van der Waals surface area contributed by atoms with Crippen LogP contribution < -0.4 is 5.73 Å². The maximum absolute atomic E-state index is 6.06. The second kappa shape index (κ2) is 4.36. The zero-order valence-electron chi connectivity index (χ0n) is 9.74. The maximum Gasteiger partial charge on any atom is 0.0735 e. The van der Waals surface area contributed by atoms with Crippen LogP contribution >= 0.6 is 11.6 Å². The molecule has 2 N–H and O–H groups in total. The van der Waals surface area contributed by atoms with Crippen molar-refractivity contribution in [2.24, 2.45) is 11.1 Å². The van der Waals surface area contributed by atoms with Gasteiger partial charge in [-0.1, -0.05) is 43.6 Å². The van der Waals surface area contributed by atoms with Gasteiger partial charge in [0, 0.05) is 16.5 Å². The van der Waals surface area contributed by atoms with Crippen LogP contribution in [0.5, 0.6) is 0 Å². The van der Waals surface area contributed by atoms with E-state index < -0.39 is 0 Å². The third kappa shape index (κ3) is 2.10. The van der Waals surface area contributed by atoms with Crippen LogP contribution in [-0.2, 0) is 11.3 Å². The first-order valence-corrected chi connectivity index (χ1v) is 6.00. The summed E-state index contributed by atoms with van der Waals surface area (Å²) >= 11 is 6.06. The Morgan fingerprint density at radius 3 is 2.69 bits per heavy atom. The van der Waals surface area contributed by atoms with Crippen LogP contribution in [0.2, 0.25) is 5.02 Å². The van der Waals surface area contributed by atoms with E-state index in [-0.39, 0.29) is 17.6 Å². The predicted molar refractivity (Wildman–Crippen MR) is 66.4 cm³/mol. The molecule has 1 aromatic rings. The van der Waals surface area contributed by atoms with Gasteiger partial charge >= 0.3 is 0 Å². The molecular weight excluding hydrogens is 222 g/mol. The van der Waals surface area contributed by atoms with Crippen molar-refractivity contribution in [1.29, 1.82) is 0 Å². The van der Waals surface area contributed by atoms with Crippen LogP contribution in [0.25, 0.3) is 0 Å². The van der Waals surface area contributed by atoms with E-state index in [0.29, 0.717) is 6.61 Å². The van der Waals surface area contributed by atoms with E-state index in [1.54, 1.807) is 0 Å². The van der Waals surface area contributed by atoms with E-state index in [1.165, 1.54) is 0 Å². The molecule has 0 spiro atoms. The molecule has 2 rings (SSSR count). The largest absolute Gasteiger partial charge is 0.373 e. The fourth-order valence-corrected chi connectivity index (χ4v) is 2.20. The first-order valence-electron chi connectivity index (χ1n) is 5.62. The van der Waals surface area contributed by atoms with Gasteiger partial charge in [0.15, 0.2) is 0 Å². The number of hydrogen-bond acceptors (Lipinski definition) is 2. The quantitative estimate of drug-likeness (QED) is 0.880. The molecule has 0 saturated heterocycles. The molecule has 2 unspecified atom stereocenters. The smallest absolute Gasteiger partial charge is 0.0735 e. The van der Waals surface area contributed by atoms with E-state index in [2.05, 4.69) is 13.8 Å². The summed E-state index contributed by atoms with van der Waals surface area (Å²) in [6.07, 6.45) is 1.19. The lowest BCUT2D eigenvalue weighted by molar-refractivity contribution is -0.115. The van der Waals surface area contributed by atoms with Crippen LogP contribution in [-0.4, -0.2) is 12.1 Å². The lowest BCUT2D eigenvalue weighted by Crippen LogP contribution is -2.58. The molecule has 0 bridgehead atoms. The molecule has 1 saturated carbocycles. The fraction of sp³-hybridized carbons (Fsp3) is 0.538. The Balaban J connectivity index is 1.92. The first-order chi connectivity index (χ1) is 7.51. The topological polar surface area (TPSA) is 35.2 Å². The van der Waals surface area contributed by atoms with Crippen LogP contribution in [0.4, 0.5) is 0 Å². The lowest BCUT2D eigenvalue weighted by atomic mass is 9.65. The molecule has 0 radical (unpaired) electrons. The number of halogens is 1. The standard InChI is InChI=1S/C13H18ClNO/c1-13(2)11(15)7-12(13)16-8-9-5-3-4-6-10(9)14/h3-6,11-12H,7-8,15H2,1-2H3. The highest BCUT2D eigenvalue weighted by Crippen LogP contribution is 2.41. The molecule has 3 heteroatoms. The van der Waals surface area contributed by atoms with Gasteiger partial charge in [-0.15, -0.1) is 0 Å². The summed E-state index contributed by atoms with van der Waals surface area (Å²) in [5.41, 5.74) is 7.07. The minimum atomic E-state index is 0.0846. The van der Waals surface area contributed by atoms with Gasteiger partial charge < -0.3 is 10.5 Å². The Hall–Kier alpha value is -0.570. The second-order valence-electron chi connectivity index (χ2n) is 5.05. The molecule has 1 fully saturated rings. The normalized spacial score (nSPS) is 27.5. The Morgan fingerprint density at radius 2 is 2.12 bits per heavy atom. The first kappa shape index (κ1) is 11.9. The highest BCUT2D eigenvalue weighted by molar-refractivity contribution is 6.31. The Kier molecular flexibility index (Phi) is 3.24. The molecule has 0 aromatic heterocycles. The van der Waals surface area contributed by atoms with Crippen molar-refractivity contribution >= 4 is 11.6 Å². The summed E-state index contributed by atoms with van der Waals surface area (Å²) in [5.74, 6) is 0. The molecule has 88 valence electrons. The van der Waals surface area contributed by atoms with Gasteiger partial charge in [0.25, 0.3) is 0 Å². The van der Waals surface area contributed by atoms with Crippen LogP contribution in [0.3, 0.4) is 0 Å². The lowest BCUT2D eigenvalue weighted by Gasteiger charge is -2.49. The molecule has 0 heterocycles. The third-order valence-corrected chi connectivity index (χ3v) is 4.02. The Bertz CT molecular complexity index is 378. The molecule has 0 amide bonds. The molecule has 2 nitrogen and oxygen atoms in total. The third-order valence-electron chi connectivity index (χ3n) is 3.65. The van der Waals surface area contributed by atoms with Gasteiger partial charge in [0.1, 0.15) is 0 Å². The number of nitrogens with two attached hydrogens (primary N) is 1. The Labute approximate surface area is 102 Å². The average Bonchev–Trinajstić information content (AvgIpc) is 2.26. The van der Waals surface area contributed by atoms with Crippen LogP contribution in [0, 0.1) is 5.41 Å². The summed E-state index contributed by atoms with van der Waals surface area (Å²) in [4.78, 5) is 0. The average molecular weight is 240 g/mol. The van der Waals surface area contributed by atoms with Gasteiger partial charge in [0.05, 0.1) is 12.7 Å². The summed E-state index contributed by atoms with van der Waals surface area (Å²) < 4.78 is 5.87. The fourth-order valence-electron chi connectivity index (χ4n) is 2.01. The van der Waals surface area contributed by atoms with Gasteiger partial charge in [-0.3, -0.25) is 0 Å². The number of ether oxygens (including phenoxy) is 1. The van der Waals surface area contributed by atoms with Crippen molar-refractivity contribution in [3.8, 4) is 0 Å². The van der Waals surface area contributed by atoms with E-state index in [9.17, 15) is 0 Å². The minimum absolute atomic E-state index is 0.0846. The zero-order valence-corrected chi connectivity index (χ0v) is 10.5. The van der Waals surface area contributed by atoms with Gasteiger partial charge in [-0.2, -0.15) is 0 Å². The summed E-state index contributed by atoms with van der Waals surface area (Å²) in [6, 6.07) is 8.03. The molecular formula is C13H18ClNO. The van der Waals surface area contributed by atoms with Crippen molar-refractivity contribution in [2.75, 3.05) is 0 Å². The zero-order chi connectivity index (χ0) is 11.8. The SMILES string of the molecule is CC1(C)C(N)CC1OCc1ccccc1Cl. The van der Waals surface area contributed by atoms with Crippen molar-refractivity contribution in [3.63, 3.8) is 0 Å². The highest BCUT2D eigenvalue weighted by Gasteiger charge is 2.46. The number of rotatable bonds is 3. The van der Waals surface area contributed by atoms with E-state index in [1.807, 2.05) is 24.3 Å². The molecule has 0 aliphatic heterocycles. The minimum Gasteiger partial charge on any atom is -0.373 e. The van der Waals surface area contributed by atoms with Crippen LogP contribution in [0.1, 0.15) is 25.8 Å². The molecule has 1 aliphatic carbocycles. The highest BCUT2D eigenvalue weighted by atomic mass is 35.5. The van der Waals surface area contributed by atoms with E-state index in [0.717, 1.165) is 17.0 Å². The van der Waals surface area contributed by atoms with Crippen molar-refractivity contribution in [3.05, 3.63) is 34.9 Å². The van der Waals surface area contributed by atoms with E-state index >= 15 is 0 Å². The monoisotopic (exact) mass is 239 g/mol. The number of benzene rings is 1. The summed E-state index contributed by atoms with van der Waals surface area (Å²) in [7, 11) is 0. The summed E-state index contributed by atoms with van der Waals surface area (Å²) in [5, 5.41) is 0.768. The Morgan fingerprint density at radius 1 is 1.44 bits per heavy atom. The van der Waals surface area contributed by atoms with Crippen LogP contribution in [0.15, 0.2) is 24.3 Å². The predicted octanol–water partition coefficient (Wildman–Crippen LogP) is 2.98. The van der Waals surface area contributed by atoms with Crippen molar-refractivity contribution in [2.45, 2.75) is 39.0 Å². The van der Waals surface area contributed by atoms with Gasteiger partial charge in [-0.05, 0) is 18.1 Å².